The molecule has 0 aliphatic heterocycles. The van der Waals surface area contributed by atoms with Gasteiger partial charge in [-0.15, -0.1) is 0 Å². The fourth-order valence-corrected chi connectivity index (χ4v) is 1.64. The van der Waals surface area contributed by atoms with Crippen LogP contribution in [0.2, 0.25) is 0 Å². The monoisotopic (exact) mass is 393 g/mol. The van der Waals surface area contributed by atoms with Gasteiger partial charge in [-0.25, -0.2) is 4.79 Å². The van der Waals surface area contributed by atoms with Gasteiger partial charge in [0.1, 0.15) is 18.1 Å². The normalized spacial score (nSPS) is 13.6. The minimum Gasteiger partial charge on any atom is -0.480 e. The van der Waals surface area contributed by atoms with Crippen molar-refractivity contribution in [2.24, 2.45) is 5.73 Å². The smallest absolute Gasteiger partial charge is 0.328 e. The molecule has 0 aromatic rings. The van der Waals surface area contributed by atoms with Crippen molar-refractivity contribution in [1.82, 2.24) is 21.3 Å². The van der Waals surface area contributed by atoms with Crippen molar-refractivity contribution in [3.8, 4) is 0 Å². The maximum absolute atomic E-state index is 11.9. The Morgan fingerprint density at radius 1 is 0.741 bits per heavy atom. The highest BCUT2D eigenvalue weighted by atomic mass is 16.4. The number of carboxylic acid groups (broad SMARTS) is 1. The molecular weight excluding hydrogens is 370 g/mol. The Hall–Kier alpha value is -2.81. The van der Waals surface area contributed by atoms with Crippen LogP contribution in [0.1, 0.15) is 0 Å². The maximum Gasteiger partial charge on any atom is 0.328 e. The summed E-state index contributed by atoms with van der Waals surface area (Å²) in [6.07, 6.45) is 0. The Bertz CT molecular complexity index is 556. The van der Waals surface area contributed by atoms with E-state index < -0.39 is 80.6 Å². The zero-order valence-corrected chi connectivity index (χ0v) is 14.2. The summed E-state index contributed by atoms with van der Waals surface area (Å²) >= 11 is 0. The molecule has 0 aromatic heterocycles. The molecule has 0 rings (SSSR count). The summed E-state index contributed by atoms with van der Waals surface area (Å²) in [7, 11) is 0. The summed E-state index contributed by atoms with van der Waals surface area (Å²) in [5, 5.41) is 43.9. The number of nitrogens with one attached hydrogen (secondary N) is 4. The van der Waals surface area contributed by atoms with Crippen LogP contribution in [0.5, 0.6) is 0 Å². The van der Waals surface area contributed by atoms with Crippen molar-refractivity contribution in [1.29, 1.82) is 0 Å². The van der Waals surface area contributed by atoms with E-state index in [1.54, 1.807) is 0 Å². The Labute approximate surface area is 153 Å². The third kappa shape index (κ3) is 8.91. The van der Waals surface area contributed by atoms with Gasteiger partial charge in [-0.2, -0.15) is 0 Å². The van der Waals surface area contributed by atoms with Crippen LogP contribution in [0, 0.1) is 0 Å². The number of aliphatic carboxylic acids is 1. The molecule has 0 unspecified atom stereocenters. The Kier molecular flexibility index (Phi) is 11.2. The molecule has 10 N–H and O–H groups in total. The summed E-state index contributed by atoms with van der Waals surface area (Å²) in [4.78, 5) is 57.1. The van der Waals surface area contributed by atoms with E-state index in [1.165, 1.54) is 0 Å². The topological polar surface area (TPSA) is 240 Å². The quantitative estimate of drug-likeness (QED) is 0.152. The van der Waals surface area contributed by atoms with E-state index in [0.717, 1.165) is 0 Å². The number of carbonyl (C=O) groups is 5. The highest BCUT2D eigenvalue weighted by Crippen LogP contribution is 1.89. The molecule has 0 aliphatic carbocycles. The molecular formula is C13H23N5O9. The predicted molar refractivity (Wildman–Crippen MR) is 86.7 cm³/mol. The standard InChI is InChI=1S/C13H23N5O9/c14-1-9(22)16-7(4-20)12(25)18-6(3-19)11(24)15-2-10(23)17-8(5-21)13(26)27/h6-8,19-21H,1-5,14H2,(H,15,24)(H,16,22)(H,17,23)(H,18,25)(H,26,27)/t6-,7-,8-/m0/s1. The summed E-state index contributed by atoms with van der Waals surface area (Å²) in [5.74, 6) is -5.12. The summed E-state index contributed by atoms with van der Waals surface area (Å²) in [6, 6.07) is -4.48. The Morgan fingerprint density at radius 2 is 1.22 bits per heavy atom. The van der Waals surface area contributed by atoms with Gasteiger partial charge >= 0.3 is 5.97 Å². The van der Waals surface area contributed by atoms with Gasteiger partial charge in [-0.1, -0.05) is 0 Å². The van der Waals surface area contributed by atoms with Crippen molar-refractivity contribution in [3.63, 3.8) is 0 Å². The van der Waals surface area contributed by atoms with Crippen LogP contribution in [-0.4, -0.2) is 101 Å². The van der Waals surface area contributed by atoms with Gasteiger partial charge in [0.25, 0.3) is 0 Å². The van der Waals surface area contributed by atoms with E-state index in [4.69, 9.17) is 21.1 Å². The van der Waals surface area contributed by atoms with Crippen molar-refractivity contribution in [2.75, 3.05) is 32.9 Å². The number of amides is 4. The second kappa shape index (κ2) is 12.5. The Morgan fingerprint density at radius 3 is 1.67 bits per heavy atom. The number of aliphatic hydroxyl groups excluding tert-OH is 3. The van der Waals surface area contributed by atoms with Gasteiger partial charge in [0.05, 0.1) is 32.9 Å². The fourth-order valence-electron chi connectivity index (χ4n) is 1.64. The average Bonchev–Trinajstić information content (AvgIpc) is 2.65. The molecule has 0 bridgehead atoms. The largest absolute Gasteiger partial charge is 0.480 e. The minimum absolute atomic E-state index is 0.437. The first kappa shape index (κ1) is 24.2. The molecule has 0 fully saturated rings. The molecule has 0 radical (unpaired) electrons. The average molecular weight is 393 g/mol. The van der Waals surface area contributed by atoms with E-state index in [1.807, 2.05) is 10.6 Å². The molecule has 154 valence electrons. The van der Waals surface area contributed by atoms with Crippen LogP contribution in [-0.2, 0) is 24.0 Å². The van der Waals surface area contributed by atoms with E-state index >= 15 is 0 Å². The maximum atomic E-state index is 11.9. The van der Waals surface area contributed by atoms with Gasteiger partial charge in [0.15, 0.2) is 0 Å². The Balaban J connectivity index is 4.64. The van der Waals surface area contributed by atoms with Gasteiger partial charge in [0, 0.05) is 0 Å². The number of carbonyl (C=O) groups excluding carboxylic acids is 4. The van der Waals surface area contributed by atoms with Crippen molar-refractivity contribution in [3.05, 3.63) is 0 Å². The summed E-state index contributed by atoms with van der Waals surface area (Å²) < 4.78 is 0. The van der Waals surface area contributed by atoms with E-state index in [2.05, 4.69) is 10.6 Å². The first-order chi connectivity index (χ1) is 12.7. The van der Waals surface area contributed by atoms with Gasteiger partial charge in [-0.3, -0.25) is 19.2 Å². The fraction of sp³-hybridized carbons (Fsp3) is 0.615. The van der Waals surface area contributed by atoms with Crippen molar-refractivity contribution < 1.29 is 44.4 Å². The van der Waals surface area contributed by atoms with Crippen LogP contribution in [0.4, 0.5) is 0 Å². The number of nitrogens with two attached hydrogens (primary N) is 1. The number of hydrogen-bond donors (Lipinski definition) is 9. The molecule has 4 amide bonds. The second-order valence-electron chi connectivity index (χ2n) is 5.11. The number of rotatable bonds is 12. The molecule has 14 nitrogen and oxygen atoms in total. The van der Waals surface area contributed by atoms with E-state index in [-0.39, 0.29) is 0 Å². The predicted octanol–water partition coefficient (Wildman–Crippen LogP) is -6.42. The lowest BCUT2D eigenvalue weighted by Gasteiger charge is -2.20. The zero-order valence-electron chi connectivity index (χ0n) is 14.2. The highest BCUT2D eigenvalue weighted by molar-refractivity contribution is 5.94. The number of carboxylic acids is 1. The molecule has 27 heavy (non-hydrogen) atoms. The first-order valence-electron chi connectivity index (χ1n) is 7.62. The van der Waals surface area contributed by atoms with Gasteiger partial charge in [0.2, 0.25) is 23.6 Å². The van der Waals surface area contributed by atoms with Gasteiger partial charge < -0.3 is 47.4 Å². The molecule has 0 heterocycles. The third-order valence-electron chi connectivity index (χ3n) is 3.07. The van der Waals surface area contributed by atoms with E-state index in [9.17, 15) is 29.1 Å². The van der Waals surface area contributed by atoms with Crippen LogP contribution < -0.4 is 27.0 Å². The number of hydrogen-bond acceptors (Lipinski definition) is 9. The molecule has 3 atom stereocenters. The molecule has 0 saturated heterocycles. The second-order valence-corrected chi connectivity index (χ2v) is 5.11. The van der Waals surface area contributed by atoms with E-state index in [0.29, 0.717) is 0 Å². The molecule has 14 heteroatoms. The molecule has 0 saturated carbocycles. The minimum atomic E-state index is -1.56. The summed E-state index contributed by atoms with van der Waals surface area (Å²) in [6.45, 7) is -3.65. The van der Waals surface area contributed by atoms with Gasteiger partial charge in [-0.05, 0) is 0 Å². The highest BCUT2D eigenvalue weighted by Gasteiger charge is 2.26. The summed E-state index contributed by atoms with van der Waals surface area (Å²) in [5.41, 5.74) is 5.06. The van der Waals surface area contributed by atoms with Crippen LogP contribution in [0.15, 0.2) is 0 Å². The molecule has 0 spiro atoms. The van der Waals surface area contributed by atoms with Crippen LogP contribution >= 0.6 is 0 Å². The number of aliphatic hydroxyl groups is 3. The van der Waals surface area contributed by atoms with Crippen LogP contribution in [0.25, 0.3) is 0 Å². The first-order valence-corrected chi connectivity index (χ1v) is 7.62. The van der Waals surface area contributed by atoms with Crippen molar-refractivity contribution in [2.45, 2.75) is 18.1 Å². The third-order valence-corrected chi connectivity index (χ3v) is 3.07. The SMILES string of the molecule is NCC(=O)N[C@@H](CO)C(=O)N[C@@H](CO)C(=O)NCC(=O)N[C@@H](CO)C(=O)O. The van der Waals surface area contributed by atoms with Crippen LogP contribution in [0.3, 0.4) is 0 Å². The van der Waals surface area contributed by atoms with Crippen molar-refractivity contribution >= 4 is 29.6 Å². The lowest BCUT2D eigenvalue weighted by Crippen LogP contribution is -2.57. The lowest BCUT2D eigenvalue weighted by atomic mass is 10.2. The molecule has 0 aromatic carbocycles. The lowest BCUT2D eigenvalue weighted by molar-refractivity contribution is -0.142. The molecule has 0 aliphatic rings. The zero-order chi connectivity index (χ0) is 21.0.